The molecule has 10 nitrogen and oxygen atoms in total. The molecule has 1 aliphatic carbocycles. The van der Waals surface area contributed by atoms with Gasteiger partial charge >= 0.3 is 18.3 Å². The fraction of sp³-hybridized carbons (Fsp3) is 0.524. The SMILES string of the molecule is CCC[C@H]1N(C(=O)c2ncccc2C(F)(F)F)CCC[C@@]1(Oc1ccc(C(F)(F)F)cc1)C(=O)N1CCC(O)(c2ccccc2OCCCC2(C(=O)O)CCC2)CC1. The number of likely N-dealkylation sites (tertiary alicyclic amines) is 2. The van der Waals surface area contributed by atoms with E-state index in [-0.39, 0.29) is 64.1 Å². The standard InChI is InChI=1S/C42H47F6N3O7/c1-2-9-33-40(58-29-15-13-28(14-16-29)41(43,44)45,20-7-24-51(33)35(52)34-31(42(46,47)48)11-5-23-49-34)36(53)50-25-21-39(56,22-26-50)30-10-3-4-12-32(30)57-27-8-19-38(37(54)55)17-6-18-38/h3-5,10-16,23,33,56H,2,6-9,17-22,24-27H2,1H3,(H,54,55)/t33-,40+/m1/s1. The summed E-state index contributed by atoms with van der Waals surface area (Å²) in [5, 5.41) is 21.7. The number of hydrogen-bond donors (Lipinski definition) is 2. The zero-order chi connectivity index (χ0) is 41.9. The Morgan fingerprint density at radius 2 is 1.55 bits per heavy atom. The highest BCUT2D eigenvalue weighted by Gasteiger charge is 2.56. The van der Waals surface area contributed by atoms with Gasteiger partial charge in [-0.1, -0.05) is 38.0 Å². The lowest BCUT2D eigenvalue weighted by molar-refractivity contribution is -0.163. The van der Waals surface area contributed by atoms with E-state index in [1.54, 1.807) is 31.2 Å². The van der Waals surface area contributed by atoms with Gasteiger partial charge in [-0.15, -0.1) is 0 Å². The normalized spacial score (nSPS) is 21.8. The number of piperidine rings is 2. The molecule has 3 aliphatic rings. The number of pyridine rings is 1. The Labute approximate surface area is 332 Å². The molecule has 2 N–H and O–H groups in total. The molecule has 16 heteroatoms. The van der Waals surface area contributed by atoms with E-state index in [2.05, 4.69) is 4.98 Å². The number of rotatable bonds is 13. The largest absolute Gasteiger partial charge is 0.493 e. The summed E-state index contributed by atoms with van der Waals surface area (Å²) in [5.74, 6) is -2.16. The van der Waals surface area contributed by atoms with Gasteiger partial charge in [0.1, 0.15) is 17.2 Å². The van der Waals surface area contributed by atoms with Gasteiger partial charge in [0.25, 0.3) is 11.8 Å². The van der Waals surface area contributed by atoms with Crippen molar-refractivity contribution in [1.82, 2.24) is 14.8 Å². The van der Waals surface area contributed by atoms with Crippen molar-refractivity contribution in [2.24, 2.45) is 5.41 Å². The molecule has 2 aromatic carbocycles. The molecule has 3 fully saturated rings. The molecular weight excluding hydrogens is 772 g/mol. The van der Waals surface area contributed by atoms with Gasteiger partial charge in [-0.2, -0.15) is 26.3 Å². The second-order valence-electron chi connectivity index (χ2n) is 15.5. The summed E-state index contributed by atoms with van der Waals surface area (Å²) in [6, 6.07) is 11.3. The summed E-state index contributed by atoms with van der Waals surface area (Å²) in [4.78, 5) is 47.3. The number of carbonyl (C=O) groups excluding carboxylic acids is 2. The lowest BCUT2D eigenvalue weighted by Gasteiger charge is -2.51. The minimum absolute atomic E-state index is 0.00372. The maximum atomic E-state index is 15.0. The summed E-state index contributed by atoms with van der Waals surface area (Å²) in [5.41, 5.74) is -6.66. The molecule has 6 rings (SSSR count). The number of carbonyl (C=O) groups is 3. The topological polar surface area (TPSA) is 130 Å². The quantitative estimate of drug-likeness (QED) is 0.130. The zero-order valence-corrected chi connectivity index (χ0v) is 32.1. The number of hydrogen-bond acceptors (Lipinski definition) is 7. The Balaban J connectivity index is 1.27. The van der Waals surface area contributed by atoms with E-state index < -0.39 is 69.6 Å². The van der Waals surface area contributed by atoms with Crippen LogP contribution in [-0.4, -0.2) is 80.7 Å². The monoisotopic (exact) mass is 819 g/mol. The first-order valence-electron chi connectivity index (χ1n) is 19.6. The minimum Gasteiger partial charge on any atom is -0.493 e. The fourth-order valence-corrected chi connectivity index (χ4v) is 8.63. The number of alkyl halides is 6. The molecule has 58 heavy (non-hydrogen) atoms. The van der Waals surface area contributed by atoms with E-state index in [0.29, 0.717) is 43.4 Å². The van der Waals surface area contributed by atoms with Crippen LogP contribution >= 0.6 is 0 Å². The van der Waals surface area contributed by atoms with E-state index in [4.69, 9.17) is 9.47 Å². The highest BCUT2D eigenvalue weighted by Crippen LogP contribution is 2.46. The second-order valence-corrected chi connectivity index (χ2v) is 15.5. The molecule has 1 saturated carbocycles. The second kappa shape index (κ2) is 16.8. The van der Waals surface area contributed by atoms with Gasteiger partial charge in [-0.25, -0.2) is 0 Å². The minimum atomic E-state index is -4.91. The Morgan fingerprint density at radius 3 is 2.16 bits per heavy atom. The number of amides is 2. The number of carboxylic acid groups (broad SMARTS) is 1. The molecular formula is C42H47F6N3O7. The zero-order valence-electron chi connectivity index (χ0n) is 32.1. The summed E-state index contributed by atoms with van der Waals surface area (Å²) in [6.45, 7) is 1.96. The van der Waals surface area contributed by atoms with Crippen LogP contribution in [0, 0.1) is 5.41 Å². The molecule has 2 aliphatic heterocycles. The molecule has 3 heterocycles. The highest BCUT2D eigenvalue weighted by molar-refractivity contribution is 5.96. The van der Waals surface area contributed by atoms with Crippen LogP contribution in [0.2, 0.25) is 0 Å². The van der Waals surface area contributed by atoms with E-state index >= 15 is 4.79 Å². The van der Waals surface area contributed by atoms with Crippen LogP contribution in [-0.2, 0) is 27.5 Å². The van der Waals surface area contributed by atoms with Gasteiger partial charge in [0.05, 0.1) is 34.8 Å². The average molecular weight is 820 g/mol. The molecule has 2 saturated heterocycles. The predicted octanol–water partition coefficient (Wildman–Crippen LogP) is 8.27. The van der Waals surface area contributed by atoms with Gasteiger partial charge in [0, 0.05) is 37.8 Å². The van der Waals surface area contributed by atoms with Crippen molar-refractivity contribution in [3.63, 3.8) is 0 Å². The Bertz CT molecular complexity index is 1940. The van der Waals surface area contributed by atoms with Crippen molar-refractivity contribution in [1.29, 1.82) is 0 Å². The van der Waals surface area contributed by atoms with Crippen molar-refractivity contribution >= 4 is 17.8 Å². The highest BCUT2D eigenvalue weighted by atomic mass is 19.4. The summed E-state index contributed by atoms with van der Waals surface area (Å²) in [7, 11) is 0. The van der Waals surface area contributed by atoms with E-state index in [9.17, 15) is 46.1 Å². The Hall–Kier alpha value is -4.86. The van der Waals surface area contributed by atoms with Gasteiger partial charge < -0.3 is 29.5 Å². The molecule has 0 unspecified atom stereocenters. The van der Waals surface area contributed by atoms with Crippen LogP contribution in [0.15, 0.2) is 66.9 Å². The number of aliphatic carboxylic acids is 1. The van der Waals surface area contributed by atoms with Crippen LogP contribution in [0.3, 0.4) is 0 Å². The average Bonchev–Trinajstić information content (AvgIpc) is 3.17. The molecule has 0 spiro atoms. The third-order valence-electron chi connectivity index (χ3n) is 11.9. The first-order valence-corrected chi connectivity index (χ1v) is 19.6. The van der Waals surface area contributed by atoms with Crippen molar-refractivity contribution in [3.05, 3.63) is 89.2 Å². The van der Waals surface area contributed by atoms with Gasteiger partial charge in [0.2, 0.25) is 5.60 Å². The smallest absolute Gasteiger partial charge is 0.418 e. The first-order chi connectivity index (χ1) is 27.4. The number of halogens is 6. The lowest BCUT2D eigenvalue weighted by atomic mass is 9.66. The number of carboxylic acids is 1. The van der Waals surface area contributed by atoms with Gasteiger partial charge in [-0.3, -0.25) is 19.4 Å². The molecule has 3 aromatic rings. The summed E-state index contributed by atoms with van der Waals surface area (Å²) >= 11 is 0. The first kappa shape index (κ1) is 42.7. The van der Waals surface area contributed by atoms with Crippen molar-refractivity contribution in [2.45, 2.75) is 107 Å². The van der Waals surface area contributed by atoms with Crippen molar-refractivity contribution in [2.75, 3.05) is 26.2 Å². The van der Waals surface area contributed by atoms with Gasteiger partial charge in [0.15, 0.2) is 0 Å². The maximum Gasteiger partial charge on any atom is 0.418 e. The van der Waals surface area contributed by atoms with Crippen molar-refractivity contribution in [3.8, 4) is 11.5 Å². The fourth-order valence-electron chi connectivity index (χ4n) is 8.63. The summed E-state index contributed by atoms with van der Waals surface area (Å²) in [6.07, 6.45) is -4.75. The van der Waals surface area contributed by atoms with Crippen LogP contribution in [0.1, 0.15) is 105 Å². The van der Waals surface area contributed by atoms with E-state index in [1.807, 2.05) is 0 Å². The van der Waals surface area contributed by atoms with Crippen LogP contribution in [0.5, 0.6) is 11.5 Å². The number of aromatic nitrogens is 1. The third-order valence-corrected chi connectivity index (χ3v) is 11.9. The van der Waals surface area contributed by atoms with Crippen LogP contribution in [0.4, 0.5) is 26.3 Å². The number of benzene rings is 2. The molecule has 2 amide bonds. The Kier molecular flexibility index (Phi) is 12.4. The van der Waals surface area contributed by atoms with E-state index in [1.165, 1.54) is 9.80 Å². The number of nitrogens with zero attached hydrogens (tertiary/aromatic N) is 3. The number of aliphatic hydroxyl groups is 1. The van der Waals surface area contributed by atoms with E-state index in [0.717, 1.165) is 49.0 Å². The summed E-state index contributed by atoms with van der Waals surface area (Å²) < 4.78 is 95.3. The molecule has 1 aromatic heterocycles. The Morgan fingerprint density at radius 1 is 0.862 bits per heavy atom. The molecule has 314 valence electrons. The van der Waals surface area contributed by atoms with Gasteiger partial charge in [-0.05, 0) is 93.8 Å². The predicted molar refractivity (Wildman–Crippen MR) is 198 cm³/mol. The lowest BCUT2D eigenvalue weighted by Crippen LogP contribution is -2.68. The molecule has 0 bridgehead atoms. The molecule has 2 atom stereocenters. The third kappa shape index (κ3) is 8.62. The van der Waals surface area contributed by atoms with Crippen LogP contribution < -0.4 is 9.47 Å². The number of para-hydroxylation sites is 1. The van der Waals surface area contributed by atoms with Crippen molar-refractivity contribution < 1.29 is 60.4 Å². The maximum absolute atomic E-state index is 15.0. The van der Waals surface area contributed by atoms with Crippen LogP contribution in [0.25, 0.3) is 0 Å². The molecule has 0 radical (unpaired) electrons. The number of ether oxygens (including phenoxy) is 2.